The van der Waals surface area contributed by atoms with Gasteiger partial charge in [0.1, 0.15) is 0 Å². The maximum atomic E-state index is 14.9. The third kappa shape index (κ3) is 2.91. The molecular formula is C12H12Cl3FN2O2. The van der Waals surface area contributed by atoms with Crippen molar-refractivity contribution >= 4 is 47.4 Å². The number of alkyl halides is 1. The highest BCUT2D eigenvalue weighted by Crippen LogP contribution is 2.42. The Morgan fingerprint density at radius 3 is 2.30 bits per heavy atom. The number of halogens is 4. The van der Waals surface area contributed by atoms with Crippen molar-refractivity contribution in [1.29, 1.82) is 0 Å². The van der Waals surface area contributed by atoms with Crippen molar-refractivity contribution in [3.63, 3.8) is 0 Å². The topological polar surface area (TPSA) is 72.2 Å². The summed E-state index contributed by atoms with van der Waals surface area (Å²) in [4.78, 5) is 22.8. The quantitative estimate of drug-likeness (QED) is 0.812. The first-order valence-corrected chi connectivity index (χ1v) is 6.35. The molecule has 1 fully saturated rings. The molecule has 110 valence electrons. The fraction of sp³-hybridized carbons (Fsp3) is 0.333. The van der Waals surface area contributed by atoms with Crippen molar-refractivity contribution in [2.24, 2.45) is 5.73 Å². The van der Waals surface area contributed by atoms with Gasteiger partial charge in [-0.05, 0) is 17.7 Å². The van der Waals surface area contributed by atoms with Gasteiger partial charge in [0.05, 0.1) is 0 Å². The van der Waals surface area contributed by atoms with Crippen LogP contribution in [0.3, 0.4) is 0 Å². The predicted molar refractivity (Wildman–Crippen MR) is 76.8 cm³/mol. The highest BCUT2D eigenvalue weighted by atomic mass is 35.5. The molecule has 20 heavy (non-hydrogen) atoms. The number of nitrogens with two attached hydrogens (primary N) is 1. The molecule has 4 nitrogen and oxygen atoms in total. The van der Waals surface area contributed by atoms with Gasteiger partial charge in [0.25, 0.3) is 5.91 Å². The van der Waals surface area contributed by atoms with Crippen molar-refractivity contribution in [3.8, 4) is 0 Å². The van der Waals surface area contributed by atoms with E-state index >= 15 is 0 Å². The van der Waals surface area contributed by atoms with Crippen molar-refractivity contribution in [2.75, 3.05) is 0 Å². The van der Waals surface area contributed by atoms with Gasteiger partial charge >= 0.3 is 0 Å². The van der Waals surface area contributed by atoms with E-state index in [1.54, 1.807) is 0 Å². The monoisotopic (exact) mass is 340 g/mol. The van der Waals surface area contributed by atoms with E-state index in [0.717, 1.165) is 0 Å². The molecule has 1 heterocycles. The summed E-state index contributed by atoms with van der Waals surface area (Å²) in [6.07, 6.45) is -0.382. The molecule has 0 aliphatic carbocycles. The SMILES string of the molecule is Cl.NCc1cc(Cl)c(C2(F)CCC(=O)NC2=O)c(Cl)c1. The van der Waals surface area contributed by atoms with E-state index in [1.165, 1.54) is 12.1 Å². The summed E-state index contributed by atoms with van der Waals surface area (Å²) in [5, 5.41) is 2.01. The number of hydrogen-bond donors (Lipinski definition) is 2. The van der Waals surface area contributed by atoms with Gasteiger partial charge in [-0.15, -0.1) is 12.4 Å². The Morgan fingerprint density at radius 1 is 1.30 bits per heavy atom. The first-order chi connectivity index (χ1) is 8.88. The number of piperidine rings is 1. The molecule has 0 saturated carbocycles. The smallest absolute Gasteiger partial charge is 0.269 e. The standard InChI is InChI=1S/C12H11Cl2FN2O2.ClH/c13-7-3-6(5-16)4-8(14)10(7)12(15)2-1-9(18)17-11(12)19;/h3-4H,1-2,5,16H2,(H,17,18,19);1H. The number of carbonyl (C=O) groups is 2. The summed E-state index contributed by atoms with van der Waals surface area (Å²) < 4.78 is 14.9. The molecule has 1 unspecified atom stereocenters. The molecule has 1 aliphatic heterocycles. The second kappa shape index (κ2) is 6.26. The third-order valence-corrected chi connectivity index (χ3v) is 3.64. The lowest BCUT2D eigenvalue weighted by Gasteiger charge is -2.29. The highest BCUT2D eigenvalue weighted by molar-refractivity contribution is 6.36. The van der Waals surface area contributed by atoms with Gasteiger partial charge in [-0.2, -0.15) is 0 Å². The minimum absolute atomic E-state index is 0. The normalized spacial score (nSPS) is 22.2. The summed E-state index contributed by atoms with van der Waals surface area (Å²) in [6.45, 7) is 0.198. The Labute approximate surface area is 131 Å². The Bertz CT molecular complexity index is 545. The van der Waals surface area contributed by atoms with E-state index in [9.17, 15) is 14.0 Å². The summed E-state index contributed by atoms with van der Waals surface area (Å²) in [5.74, 6) is -1.54. The van der Waals surface area contributed by atoms with Crippen molar-refractivity contribution in [2.45, 2.75) is 25.1 Å². The Morgan fingerprint density at radius 2 is 1.85 bits per heavy atom. The molecule has 1 aromatic carbocycles. The zero-order valence-electron chi connectivity index (χ0n) is 10.2. The number of carbonyl (C=O) groups excluding carboxylic acids is 2. The molecular weight excluding hydrogens is 330 g/mol. The average Bonchev–Trinajstić information content (AvgIpc) is 2.33. The van der Waals surface area contributed by atoms with Gasteiger partial charge in [0.15, 0.2) is 0 Å². The van der Waals surface area contributed by atoms with E-state index in [4.69, 9.17) is 28.9 Å². The van der Waals surface area contributed by atoms with Crippen molar-refractivity contribution in [3.05, 3.63) is 33.3 Å². The first-order valence-electron chi connectivity index (χ1n) is 5.60. The number of rotatable bonds is 2. The van der Waals surface area contributed by atoms with Gasteiger partial charge in [-0.1, -0.05) is 23.2 Å². The zero-order chi connectivity index (χ0) is 14.2. The van der Waals surface area contributed by atoms with E-state index in [0.29, 0.717) is 5.56 Å². The maximum Gasteiger partial charge on any atom is 0.269 e. The summed E-state index contributed by atoms with van der Waals surface area (Å²) >= 11 is 12.0. The van der Waals surface area contributed by atoms with Gasteiger partial charge < -0.3 is 5.73 Å². The van der Waals surface area contributed by atoms with Gasteiger partial charge in [-0.3, -0.25) is 14.9 Å². The second-order valence-electron chi connectivity index (χ2n) is 4.32. The fourth-order valence-corrected chi connectivity index (χ4v) is 2.88. The lowest BCUT2D eigenvalue weighted by Crippen LogP contribution is -2.49. The van der Waals surface area contributed by atoms with Crippen LogP contribution < -0.4 is 11.1 Å². The predicted octanol–water partition coefficient (Wildman–Crippen LogP) is 2.48. The van der Waals surface area contributed by atoms with Crippen LogP contribution in [0, 0.1) is 0 Å². The average molecular weight is 342 g/mol. The van der Waals surface area contributed by atoms with E-state index < -0.39 is 17.5 Å². The highest BCUT2D eigenvalue weighted by Gasteiger charge is 2.47. The van der Waals surface area contributed by atoms with Crippen molar-refractivity contribution in [1.82, 2.24) is 5.32 Å². The summed E-state index contributed by atoms with van der Waals surface area (Å²) in [7, 11) is 0. The van der Waals surface area contributed by atoms with Crippen LogP contribution in [0.2, 0.25) is 10.0 Å². The van der Waals surface area contributed by atoms with Gasteiger partial charge in [0, 0.05) is 35.0 Å². The van der Waals surface area contributed by atoms with Crippen LogP contribution in [-0.4, -0.2) is 11.8 Å². The van der Waals surface area contributed by atoms with Gasteiger partial charge in [-0.25, -0.2) is 4.39 Å². The van der Waals surface area contributed by atoms with Crippen LogP contribution >= 0.6 is 35.6 Å². The molecule has 1 saturated heterocycles. The number of benzene rings is 1. The Kier molecular flexibility index (Phi) is 5.38. The zero-order valence-corrected chi connectivity index (χ0v) is 12.5. The maximum absolute atomic E-state index is 14.9. The molecule has 1 atom stereocenters. The van der Waals surface area contributed by atoms with Crippen LogP contribution in [0.1, 0.15) is 24.0 Å². The summed E-state index contributed by atoms with van der Waals surface area (Å²) in [6, 6.07) is 2.93. The van der Waals surface area contributed by atoms with Crippen LogP contribution in [0.5, 0.6) is 0 Å². The van der Waals surface area contributed by atoms with E-state index in [1.807, 2.05) is 5.32 Å². The van der Waals surface area contributed by atoms with Crippen LogP contribution in [0.15, 0.2) is 12.1 Å². The molecule has 2 rings (SSSR count). The molecule has 2 amide bonds. The Balaban J connectivity index is 0.00000200. The molecule has 3 N–H and O–H groups in total. The largest absolute Gasteiger partial charge is 0.326 e. The van der Waals surface area contributed by atoms with Crippen LogP contribution in [0.25, 0.3) is 0 Å². The molecule has 8 heteroatoms. The molecule has 0 spiro atoms. The lowest BCUT2D eigenvalue weighted by molar-refractivity contribution is -0.144. The number of nitrogens with one attached hydrogen (secondary N) is 1. The van der Waals surface area contributed by atoms with Crippen molar-refractivity contribution < 1.29 is 14.0 Å². The number of hydrogen-bond acceptors (Lipinski definition) is 3. The summed E-state index contributed by atoms with van der Waals surface area (Å²) in [5.41, 5.74) is 3.59. The number of imide groups is 1. The fourth-order valence-electron chi connectivity index (χ4n) is 2.05. The van der Waals surface area contributed by atoms with Crippen LogP contribution in [-0.2, 0) is 21.8 Å². The second-order valence-corrected chi connectivity index (χ2v) is 5.13. The van der Waals surface area contributed by atoms with Crippen LogP contribution in [0.4, 0.5) is 4.39 Å². The van der Waals surface area contributed by atoms with E-state index in [-0.39, 0.29) is 47.4 Å². The lowest BCUT2D eigenvalue weighted by atomic mass is 9.86. The molecule has 0 bridgehead atoms. The van der Waals surface area contributed by atoms with E-state index in [2.05, 4.69) is 0 Å². The molecule has 1 aromatic rings. The Hall–Kier alpha value is -0.880. The molecule has 0 aromatic heterocycles. The molecule has 0 radical (unpaired) electrons. The molecule has 1 aliphatic rings. The first kappa shape index (κ1) is 17.2. The number of amides is 2. The third-order valence-electron chi connectivity index (χ3n) is 3.04. The minimum atomic E-state index is -2.39. The van der Waals surface area contributed by atoms with Gasteiger partial charge in [0.2, 0.25) is 11.6 Å². The minimum Gasteiger partial charge on any atom is -0.326 e.